The fourth-order valence-electron chi connectivity index (χ4n) is 2.60. The second-order valence-corrected chi connectivity index (χ2v) is 5.90. The number of H-pyrrole nitrogens is 1. The molecule has 2 aromatic heterocycles. The lowest BCUT2D eigenvalue weighted by molar-refractivity contribution is 0.0947. The predicted octanol–water partition coefficient (Wildman–Crippen LogP) is 2.15. The van der Waals surface area contributed by atoms with Crippen LogP contribution in [0.1, 0.15) is 16.1 Å². The van der Waals surface area contributed by atoms with Crippen molar-refractivity contribution in [3.05, 3.63) is 75.2 Å². The average Bonchev–Trinajstić information content (AvgIpc) is 3.05. The minimum absolute atomic E-state index is 0.0665. The van der Waals surface area contributed by atoms with Crippen molar-refractivity contribution in [3.63, 3.8) is 0 Å². The molecular weight excluding hydrogens is 342 g/mol. The zero-order chi connectivity index (χ0) is 17.4. The molecule has 0 saturated heterocycles. The zero-order valence-electron chi connectivity index (χ0n) is 12.9. The van der Waals surface area contributed by atoms with Crippen LogP contribution in [-0.4, -0.2) is 25.7 Å². The molecule has 2 aromatic carbocycles. The first-order valence-corrected chi connectivity index (χ1v) is 7.90. The molecule has 0 spiro atoms. The number of nitrogens with one attached hydrogen (secondary N) is 2. The van der Waals surface area contributed by atoms with Gasteiger partial charge in [0.25, 0.3) is 11.5 Å². The molecule has 7 nitrogen and oxygen atoms in total. The van der Waals surface area contributed by atoms with E-state index in [0.29, 0.717) is 22.5 Å². The van der Waals surface area contributed by atoms with Crippen molar-refractivity contribution in [2.45, 2.75) is 6.54 Å². The number of hydrogen-bond donors (Lipinski definition) is 2. The van der Waals surface area contributed by atoms with Crippen LogP contribution in [0.2, 0.25) is 5.02 Å². The number of aromatic amines is 1. The van der Waals surface area contributed by atoms with E-state index in [2.05, 4.69) is 20.6 Å². The summed E-state index contributed by atoms with van der Waals surface area (Å²) in [6.07, 6.45) is 0. The number of nitrogens with zero attached hydrogens (tertiary/aromatic N) is 3. The summed E-state index contributed by atoms with van der Waals surface area (Å²) >= 11 is 5.84. The number of para-hydroxylation sites is 1. The van der Waals surface area contributed by atoms with Gasteiger partial charge in [-0.3, -0.25) is 9.59 Å². The van der Waals surface area contributed by atoms with Gasteiger partial charge in [0.1, 0.15) is 0 Å². The van der Waals surface area contributed by atoms with Crippen LogP contribution in [0.5, 0.6) is 0 Å². The van der Waals surface area contributed by atoms with Crippen molar-refractivity contribution in [2.24, 2.45) is 0 Å². The molecule has 4 rings (SSSR count). The Bertz CT molecular complexity index is 1150. The van der Waals surface area contributed by atoms with Crippen LogP contribution >= 0.6 is 11.6 Å². The summed E-state index contributed by atoms with van der Waals surface area (Å²) in [7, 11) is 0. The number of hydrogen-bond acceptors (Lipinski definition) is 4. The summed E-state index contributed by atoms with van der Waals surface area (Å²) in [5.74, 6) is -0.420. The number of carbonyl (C=O) groups is 1. The summed E-state index contributed by atoms with van der Waals surface area (Å²) in [6, 6.07) is 14.1. The third-order valence-electron chi connectivity index (χ3n) is 3.85. The van der Waals surface area contributed by atoms with E-state index in [1.165, 1.54) is 4.52 Å². The number of carbonyl (C=O) groups excluding carboxylic acids is 1. The van der Waals surface area contributed by atoms with Gasteiger partial charge in [0.05, 0.1) is 10.9 Å². The van der Waals surface area contributed by atoms with Gasteiger partial charge >= 0.3 is 0 Å². The Morgan fingerprint density at radius 1 is 1.16 bits per heavy atom. The van der Waals surface area contributed by atoms with Crippen LogP contribution in [0, 0.1) is 0 Å². The van der Waals surface area contributed by atoms with Crippen molar-refractivity contribution >= 4 is 34.1 Å². The van der Waals surface area contributed by atoms with Gasteiger partial charge in [0.15, 0.2) is 11.3 Å². The molecule has 2 N–H and O–H groups in total. The molecule has 2 heterocycles. The molecule has 0 aliphatic rings. The third kappa shape index (κ3) is 2.74. The van der Waals surface area contributed by atoms with E-state index in [1.54, 1.807) is 36.4 Å². The van der Waals surface area contributed by atoms with Crippen LogP contribution in [0.3, 0.4) is 0 Å². The minimum Gasteiger partial charge on any atom is -0.346 e. The standard InChI is InChI=1S/C17H12ClN5O2/c18-11-7-5-10(6-8-11)9-19-17(25)14-15-20-16(24)12-3-1-2-4-13(12)23(15)22-21-14/h1-8,22H,9H2,(H,19,25). The van der Waals surface area contributed by atoms with E-state index in [4.69, 9.17) is 11.6 Å². The van der Waals surface area contributed by atoms with Gasteiger partial charge in [-0.15, -0.1) is 5.10 Å². The highest BCUT2D eigenvalue weighted by Crippen LogP contribution is 2.13. The van der Waals surface area contributed by atoms with Gasteiger partial charge in [-0.25, -0.2) is 9.73 Å². The maximum atomic E-state index is 12.4. The second-order valence-electron chi connectivity index (χ2n) is 5.46. The predicted molar refractivity (Wildman–Crippen MR) is 93.7 cm³/mol. The maximum absolute atomic E-state index is 12.4. The highest BCUT2D eigenvalue weighted by atomic mass is 35.5. The van der Waals surface area contributed by atoms with Gasteiger partial charge in [-0.2, -0.15) is 4.98 Å². The number of halogens is 1. The van der Waals surface area contributed by atoms with E-state index in [9.17, 15) is 9.59 Å². The SMILES string of the molecule is O=C(NCc1ccc(Cl)cc1)c1n[nH]n2c1nc(=O)c1ccccc12. The first-order chi connectivity index (χ1) is 12.1. The van der Waals surface area contributed by atoms with Gasteiger partial charge < -0.3 is 5.32 Å². The van der Waals surface area contributed by atoms with Crippen molar-refractivity contribution in [1.29, 1.82) is 0 Å². The third-order valence-corrected chi connectivity index (χ3v) is 4.10. The molecule has 8 heteroatoms. The number of fused-ring (bicyclic) bond motifs is 3. The average molecular weight is 354 g/mol. The van der Waals surface area contributed by atoms with E-state index in [-0.39, 0.29) is 11.3 Å². The van der Waals surface area contributed by atoms with E-state index in [1.807, 2.05) is 12.1 Å². The Hall–Kier alpha value is -3.19. The highest BCUT2D eigenvalue weighted by molar-refractivity contribution is 6.30. The summed E-state index contributed by atoms with van der Waals surface area (Å²) in [6.45, 7) is 0.312. The molecule has 0 fully saturated rings. The summed E-state index contributed by atoms with van der Waals surface area (Å²) in [5, 5.41) is 10.6. The highest BCUT2D eigenvalue weighted by Gasteiger charge is 2.17. The number of rotatable bonds is 3. The summed E-state index contributed by atoms with van der Waals surface area (Å²) in [5.41, 5.74) is 1.37. The van der Waals surface area contributed by atoms with Gasteiger partial charge in [0.2, 0.25) is 0 Å². The molecule has 0 atom stereocenters. The summed E-state index contributed by atoms with van der Waals surface area (Å²) < 4.78 is 1.52. The Morgan fingerprint density at radius 3 is 2.72 bits per heavy atom. The van der Waals surface area contributed by atoms with Gasteiger partial charge in [-0.1, -0.05) is 35.9 Å². The molecule has 0 unspecified atom stereocenters. The lowest BCUT2D eigenvalue weighted by atomic mass is 10.2. The van der Waals surface area contributed by atoms with Crippen LogP contribution < -0.4 is 10.9 Å². The number of amides is 1. The van der Waals surface area contributed by atoms with Crippen molar-refractivity contribution in [2.75, 3.05) is 0 Å². The van der Waals surface area contributed by atoms with E-state index in [0.717, 1.165) is 5.56 Å². The first-order valence-electron chi connectivity index (χ1n) is 7.52. The molecular formula is C17H12ClN5O2. The molecule has 0 bridgehead atoms. The quantitative estimate of drug-likeness (QED) is 0.590. The van der Waals surface area contributed by atoms with E-state index < -0.39 is 11.5 Å². The molecule has 25 heavy (non-hydrogen) atoms. The zero-order valence-corrected chi connectivity index (χ0v) is 13.6. The molecule has 0 radical (unpaired) electrons. The van der Waals surface area contributed by atoms with Crippen molar-refractivity contribution in [3.8, 4) is 0 Å². The number of benzene rings is 2. The smallest absolute Gasteiger partial charge is 0.281 e. The molecule has 1 amide bonds. The van der Waals surface area contributed by atoms with Crippen molar-refractivity contribution < 1.29 is 4.79 Å². The maximum Gasteiger partial charge on any atom is 0.281 e. The Balaban J connectivity index is 1.68. The topological polar surface area (TPSA) is 92.2 Å². The number of aromatic nitrogens is 4. The largest absolute Gasteiger partial charge is 0.346 e. The van der Waals surface area contributed by atoms with Gasteiger partial charge in [-0.05, 0) is 29.8 Å². The molecule has 0 saturated carbocycles. The van der Waals surface area contributed by atoms with Crippen LogP contribution in [-0.2, 0) is 6.54 Å². The first kappa shape index (κ1) is 15.3. The molecule has 4 aromatic rings. The molecule has 0 aliphatic carbocycles. The van der Waals surface area contributed by atoms with Crippen LogP contribution in [0.4, 0.5) is 0 Å². The van der Waals surface area contributed by atoms with E-state index >= 15 is 0 Å². The molecule has 124 valence electrons. The lowest BCUT2D eigenvalue weighted by Crippen LogP contribution is -2.24. The normalized spacial score (nSPS) is 11.1. The second kappa shape index (κ2) is 6.03. The fraction of sp³-hybridized carbons (Fsp3) is 0.0588. The Labute approximate surface area is 146 Å². The Kier molecular flexibility index (Phi) is 3.70. The van der Waals surface area contributed by atoms with Crippen molar-refractivity contribution in [1.82, 2.24) is 25.1 Å². The monoisotopic (exact) mass is 353 g/mol. The minimum atomic E-state index is -0.420. The van der Waals surface area contributed by atoms with Crippen LogP contribution in [0.15, 0.2) is 53.3 Å². The van der Waals surface area contributed by atoms with Gasteiger partial charge in [0, 0.05) is 11.6 Å². The lowest BCUT2D eigenvalue weighted by Gasteiger charge is -2.04. The Morgan fingerprint density at radius 2 is 1.92 bits per heavy atom. The molecule has 0 aliphatic heterocycles. The van der Waals surface area contributed by atoms with Crippen LogP contribution in [0.25, 0.3) is 16.6 Å². The fourth-order valence-corrected chi connectivity index (χ4v) is 2.73. The summed E-state index contributed by atoms with van der Waals surface area (Å²) in [4.78, 5) is 28.6.